The summed E-state index contributed by atoms with van der Waals surface area (Å²) in [6.07, 6.45) is 0. The van der Waals surface area contributed by atoms with Crippen molar-refractivity contribution >= 4 is 46.9 Å². The highest BCUT2D eigenvalue weighted by Gasteiger charge is 2.19. The zero-order valence-corrected chi connectivity index (χ0v) is 18.3. The minimum atomic E-state index is -1.40. The number of carboxylic acid groups (broad SMARTS) is 2. The van der Waals surface area contributed by atoms with Crippen LogP contribution in [0.4, 0.5) is 11.4 Å². The fraction of sp³-hybridized carbons (Fsp3) is 0.0833. The average Bonchev–Trinajstić information content (AvgIpc) is 2.78. The number of aromatic carboxylic acids is 2. The monoisotopic (exact) mass is 464 g/mol. The van der Waals surface area contributed by atoms with Gasteiger partial charge >= 0.3 is 11.9 Å². The van der Waals surface area contributed by atoms with Gasteiger partial charge in [-0.25, -0.2) is 9.59 Å². The summed E-state index contributed by atoms with van der Waals surface area (Å²) in [4.78, 5) is 48.0. The highest BCUT2D eigenvalue weighted by molar-refractivity contribution is 8.00. The van der Waals surface area contributed by atoms with Crippen LogP contribution in [-0.2, 0) is 4.79 Å². The Morgan fingerprint density at radius 2 is 1.52 bits per heavy atom. The average molecular weight is 464 g/mol. The Balaban J connectivity index is 1.60. The van der Waals surface area contributed by atoms with E-state index < -0.39 is 23.4 Å². The Labute approximate surface area is 193 Å². The summed E-state index contributed by atoms with van der Waals surface area (Å²) in [6.45, 7) is 1.94. The number of thioether (sulfide) groups is 1. The molecule has 0 radical (unpaired) electrons. The predicted molar refractivity (Wildman–Crippen MR) is 125 cm³/mol. The number of carbonyl (C=O) groups excluding carboxylic acids is 2. The molecule has 168 valence electrons. The fourth-order valence-corrected chi connectivity index (χ4v) is 3.65. The molecule has 0 aromatic heterocycles. The van der Waals surface area contributed by atoms with E-state index in [1.807, 2.05) is 31.2 Å². The summed E-state index contributed by atoms with van der Waals surface area (Å²) in [6, 6.07) is 17.5. The number of aryl methyl sites for hydroxylation is 1. The summed E-state index contributed by atoms with van der Waals surface area (Å²) in [7, 11) is 0. The van der Waals surface area contributed by atoms with Gasteiger partial charge in [0, 0.05) is 16.3 Å². The van der Waals surface area contributed by atoms with E-state index in [0.717, 1.165) is 22.2 Å². The third-order valence-corrected chi connectivity index (χ3v) is 5.54. The maximum Gasteiger partial charge on any atom is 0.336 e. The Morgan fingerprint density at radius 3 is 2.15 bits per heavy atom. The van der Waals surface area contributed by atoms with Crippen LogP contribution in [0.3, 0.4) is 0 Å². The Kier molecular flexibility index (Phi) is 7.47. The molecule has 0 aliphatic heterocycles. The fourth-order valence-electron chi connectivity index (χ4n) is 2.95. The second kappa shape index (κ2) is 10.5. The first-order chi connectivity index (χ1) is 15.7. The molecule has 33 heavy (non-hydrogen) atoms. The maximum atomic E-state index is 12.5. The third-order valence-electron chi connectivity index (χ3n) is 4.53. The third kappa shape index (κ3) is 6.44. The van der Waals surface area contributed by atoms with Gasteiger partial charge in [0.1, 0.15) is 0 Å². The summed E-state index contributed by atoms with van der Waals surface area (Å²) in [5.74, 6) is -3.31. The van der Waals surface area contributed by atoms with E-state index in [0.29, 0.717) is 5.69 Å². The van der Waals surface area contributed by atoms with Crippen molar-refractivity contribution in [3.63, 3.8) is 0 Å². The first-order valence-electron chi connectivity index (χ1n) is 9.74. The number of carbonyl (C=O) groups is 4. The lowest BCUT2D eigenvalue weighted by Gasteiger charge is -2.10. The lowest BCUT2D eigenvalue weighted by Crippen LogP contribution is -2.17. The van der Waals surface area contributed by atoms with Crippen LogP contribution in [0.5, 0.6) is 0 Å². The van der Waals surface area contributed by atoms with Crippen molar-refractivity contribution in [1.29, 1.82) is 0 Å². The molecule has 9 heteroatoms. The van der Waals surface area contributed by atoms with E-state index in [1.54, 1.807) is 24.3 Å². The molecule has 3 rings (SSSR count). The molecule has 0 bridgehead atoms. The molecular weight excluding hydrogens is 444 g/mol. The van der Waals surface area contributed by atoms with Gasteiger partial charge in [0.05, 0.1) is 22.4 Å². The molecule has 0 heterocycles. The number of nitrogens with one attached hydrogen (secondary N) is 2. The molecule has 0 atom stereocenters. The van der Waals surface area contributed by atoms with Crippen molar-refractivity contribution in [1.82, 2.24) is 0 Å². The van der Waals surface area contributed by atoms with E-state index in [-0.39, 0.29) is 22.8 Å². The Bertz CT molecular complexity index is 1220. The molecule has 0 aliphatic carbocycles. The quantitative estimate of drug-likeness (QED) is 0.364. The van der Waals surface area contributed by atoms with E-state index in [2.05, 4.69) is 10.6 Å². The topological polar surface area (TPSA) is 133 Å². The molecule has 2 amide bonds. The SMILES string of the molecule is Cc1cccc(NC(=O)CSc2ccc(NC(=O)c3ccc(C(=O)O)cc3C(=O)O)cc2)c1. The molecule has 0 saturated carbocycles. The normalized spacial score (nSPS) is 10.3. The van der Waals surface area contributed by atoms with Gasteiger partial charge in [0.15, 0.2) is 0 Å². The largest absolute Gasteiger partial charge is 0.478 e. The first-order valence-corrected chi connectivity index (χ1v) is 10.7. The molecule has 3 aromatic carbocycles. The van der Waals surface area contributed by atoms with E-state index in [4.69, 9.17) is 5.11 Å². The summed E-state index contributed by atoms with van der Waals surface area (Å²) in [5.41, 5.74) is 1.42. The molecule has 0 fully saturated rings. The smallest absolute Gasteiger partial charge is 0.336 e. The van der Waals surface area contributed by atoms with Crippen LogP contribution in [0.15, 0.2) is 71.6 Å². The number of hydrogen-bond acceptors (Lipinski definition) is 5. The van der Waals surface area contributed by atoms with Gasteiger partial charge in [-0.05, 0) is 67.1 Å². The zero-order valence-electron chi connectivity index (χ0n) is 17.5. The lowest BCUT2D eigenvalue weighted by atomic mass is 10.0. The summed E-state index contributed by atoms with van der Waals surface area (Å²) < 4.78 is 0. The van der Waals surface area contributed by atoms with Crippen molar-refractivity contribution in [3.05, 3.63) is 89.0 Å². The van der Waals surface area contributed by atoms with Crippen molar-refractivity contribution in [2.24, 2.45) is 0 Å². The lowest BCUT2D eigenvalue weighted by molar-refractivity contribution is -0.113. The highest BCUT2D eigenvalue weighted by atomic mass is 32.2. The van der Waals surface area contributed by atoms with Crippen LogP contribution < -0.4 is 10.6 Å². The Hall–Kier alpha value is -4.11. The second-order valence-electron chi connectivity index (χ2n) is 7.06. The number of benzene rings is 3. The highest BCUT2D eigenvalue weighted by Crippen LogP contribution is 2.22. The zero-order chi connectivity index (χ0) is 24.0. The molecule has 0 aliphatic rings. The molecule has 8 nitrogen and oxygen atoms in total. The van der Waals surface area contributed by atoms with Crippen molar-refractivity contribution < 1.29 is 29.4 Å². The van der Waals surface area contributed by atoms with E-state index in [1.165, 1.54) is 23.9 Å². The van der Waals surface area contributed by atoms with Crippen molar-refractivity contribution in [2.45, 2.75) is 11.8 Å². The van der Waals surface area contributed by atoms with Gasteiger partial charge in [0.25, 0.3) is 5.91 Å². The van der Waals surface area contributed by atoms with E-state index in [9.17, 15) is 24.3 Å². The van der Waals surface area contributed by atoms with Crippen molar-refractivity contribution in [3.8, 4) is 0 Å². The molecule has 0 spiro atoms. The van der Waals surface area contributed by atoms with E-state index >= 15 is 0 Å². The van der Waals surface area contributed by atoms with Crippen LogP contribution in [-0.4, -0.2) is 39.7 Å². The van der Waals surface area contributed by atoms with Crippen LogP contribution in [0.25, 0.3) is 0 Å². The first kappa shape index (κ1) is 23.6. The second-order valence-corrected chi connectivity index (χ2v) is 8.10. The van der Waals surface area contributed by atoms with Crippen molar-refractivity contribution in [2.75, 3.05) is 16.4 Å². The predicted octanol–water partition coefficient (Wildman–Crippen LogP) is 4.37. The molecule has 3 aromatic rings. The van der Waals surface area contributed by atoms with Gasteiger partial charge in [-0.3, -0.25) is 9.59 Å². The molecule has 0 unspecified atom stereocenters. The van der Waals surface area contributed by atoms with Gasteiger partial charge in [-0.1, -0.05) is 12.1 Å². The minimum absolute atomic E-state index is 0.144. The Morgan fingerprint density at radius 1 is 0.788 bits per heavy atom. The standard InChI is InChI=1S/C24H20N2O6S/c1-14-3-2-4-17(11-14)25-21(27)13-33-18-8-6-16(7-9-18)26-22(28)19-10-5-15(23(29)30)12-20(19)24(31)32/h2-12H,13H2,1H3,(H,25,27)(H,26,28)(H,29,30)(H,31,32). The molecular formula is C24H20N2O6S. The number of carboxylic acids is 2. The van der Waals surface area contributed by atoms with Gasteiger partial charge in [-0.15, -0.1) is 11.8 Å². The number of hydrogen-bond donors (Lipinski definition) is 4. The summed E-state index contributed by atoms with van der Waals surface area (Å²) >= 11 is 1.33. The number of anilines is 2. The van der Waals surface area contributed by atoms with Crippen LogP contribution >= 0.6 is 11.8 Å². The van der Waals surface area contributed by atoms with Gasteiger partial charge in [-0.2, -0.15) is 0 Å². The van der Waals surface area contributed by atoms with Gasteiger partial charge < -0.3 is 20.8 Å². The molecule has 4 N–H and O–H groups in total. The minimum Gasteiger partial charge on any atom is -0.478 e. The maximum absolute atomic E-state index is 12.5. The van der Waals surface area contributed by atoms with Crippen LogP contribution in [0.2, 0.25) is 0 Å². The van der Waals surface area contributed by atoms with Crippen LogP contribution in [0, 0.1) is 6.92 Å². The van der Waals surface area contributed by atoms with Crippen LogP contribution in [0.1, 0.15) is 36.6 Å². The number of rotatable bonds is 8. The van der Waals surface area contributed by atoms with Gasteiger partial charge in [0.2, 0.25) is 5.91 Å². The number of amides is 2. The molecule has 0 saturated heterocycles. The summed E-state index contributed by atoms with van der Waals surface area (Å²) in [5, 5.41) is 23.8.